The van der Waals surface area contributed by atoms with Crippen molar-refractivity contribution in [3.05, 3.63) is 53.1 Å². The molecule has 2 aromatic carbocycles. The van der Waals surface area contributed by atoms with E-state index in [4.69, 9.17) is 5.73 Å². The molecule has 0 bridgehead atoms. The summed E-state index contributed by atoms with van der Waals surface area (Å²) in [5.41, 5.74) is 8.33. The van der Waals surface area contributed by atoms with E-state index in [0.29, 0.717) is 22.6 Å². The molecule has 2 aromatic rings. The number of benzene rings is 2. The molecular formula is C15H16F2N2. The first-order chi connectivity index (χ1) is 8.91. The zero-order chi connectivity index (χ0) is 14.2. The van der Waals surface area contributed by atoms with E-state index < -0.39 is 5.82 Å². The maximum absolute atomic E-state index is 14.1. The monoisotopic (exact) mass is 262 g/mol. The summed E-state index contributed by atoms with van der Waals surface area (Å²) in [4.78, 5) is 1.61. The second-order valence-corrected chi connectivity index (χ2v) is 4.61. The summed E-state index contributed by atoms with van der Waals surface area (Å²) in [6.07, 6.45) is 0. The van der Waals surface area contributed by atoms with E-state index in [1.807, 2.05) is 0 Å². The maximum Gasteiger partial charge on any atom is 0.149 e. The normalized spacial score (nSPS) is 10.6. The minimum Gasteiger partial charge on any atom is -0.398 e. The van der Waals surface area contributed by atoms with Gasteiger partial charge in [0.1, 0.15) is 11.6 Å². The van der Waals surface area contributed by atoms with Crippen LogP contribution in [0, 0.1) is 25.5 Å². The molecule has 2 nitrogen and oxygen atoms in total. The lowest BCUT2D eigenvalue weighted by molar-refractivity contribution is 0.617. The Balaban J connectivity index is 2.56. The number of anilines is 3. The number of hydrogen-bond acceptors (Lipinski definition) is 2. The van der Waals surface area contributed by atoms with Crippen molar-refractivity contribution in [2.75, 3.05) is 17.7 Å². The summed E-state index contributed by atoms with van der Waals surface area (Å²) >= 11 is 0. The van der Waals surface area contributed by atoms with E-state index in [1.165, 1.54) is 12.1 Å². The molecule has 19 heavy (non-hydrogen) atoms. The van der Waals surface area contributed by atoms with Crippen molar-refractivity contribution < 1.29 is 8.78 Å². The van der Waals surface area contributed by atoms with Crippen molar-refractivity contribution >= 4 is 17.1 Å². The fraction of sp³-hybridized carbons (Fsp3) is 0.200. The van der Waals surface area contributed by atoms with Gasteiger partial charge in [-0.25, -0.2) is 8.78 Å². The van der Waals surface area contributed by atoms with Gasteiger partial charge in [-0.3, -0.25) is 0 Å². The molecule has 0 aliphatic heterocycles. The fourth-order valence-corrected chi connectivity index (χ4v) is 2.05. The van der Waals surface area contributed by atoms with Crippen LogP contribution in [-0.2, 0) is 0 Å². The summed E-state index contributed by atoms with van der Waals surface area (Å²) in [6.45, 7) is 3.48. The van der Waals surface area contributed by atoms with Gasteiger partial charge in [0.05, 0.1) is 5.69 Å². The Labute approximate surface area is 111 Å². The molecule has 2 N–H and O–H groups in total. The number of nitrogens with zero attached hydrogens (tertiary/aromatic N) is 1. The third-order valence-electron chi connectivity index (χ3n) is 3.28. The standard InChI is InChI=1S/C15H16F2N2/c1-9-5-4-6-13(15(9)17)19(3)14-8-11(16)7-12(18)10(14)2/h4-8H,18H2,1-3H3. The zero-order valence-electron chi connectivity index (χ0n) is 11.2. The Kier molecular flexibility index (Phi) is 3.42. The van der Waals surface area contributed by atoms with Gasteiger partial charge < -0.3 is 10.6 Å². The van der Waals surface area contributed by atoms with E-state index in [9.17, 15) is 8.78 Å². The molecular weight excluding hydrogens is 246 g/mol. The van der Waals surface area contributed by atoms with Crippen LogP contribution in [0.2, 0.25) is 0 Å². The molecule has 0 heterocycles. The number of halogens is 2. The van der Waals surface area contributed by atoms with Crippen LogP contribution >= 0.6 is 0 Å². The minimum absolute atomic E-state index is 0.313. The van der Waals surface area contributed by atoms with Gasteiger partial charge in [-0.15, -0.1) is 0 Å². The molecule has 0 amide bonds. The van der Waals surface area contributed by atoms with E-state index in [2.05, 4.69) is 0 Å². The van der Waals surface area contributed by atoms with Crippen LogP contribution in [0.15, 0.2) is 30.3 Å². The molecule has 4 heteroatoms. The molecule has 0 saturated heterocycles. The molecule has 0 aliphatic rings. The van der Waals surface area contributed by atoms with Gasteiger partial charge in [0.25, 0.3) is 0 Å². The molecule has 0 atom stereocenters. The van der Waals surface area contributed by atoms with E-state index in [1.54, 1.807) is 44.0 Å². The topological polar surface area (TPSA) is 29.3 Å². The van der Waals surface area contributed by atoms with Crippen LogP contribution in [-0.4, -0.2) is 7.05 Å². The first kappa shape index (κ1) is 13.3. The van der Waals surface area contributed by atoms with Gasteiger partial charge in [0.15, 0.2) is 0 Å². The maximum atomic E-state index is 14.1. The van der Waals surface area contributed by atoms with Gasteiger partial charge in [0, 0.05) is 18.4 Å². The van der Waals surface area contributed by atoms with Gasteiger partial charge in [-0.2, -0.15) is 0 Å². The fourth-order valence-electron chi connectivity index (χ4n) is 2.05. The second-order valence-electron chi connectivity index (χ2n) is 4.61. The second kappa shape index (κ2) is 4.88. The van der Waals surface area contributed by atoms with Crippen molar-refractivity contribution in [1.82, 2.24) is 0 Å². The summed E-state index contributed by atoms with van der Waals surface area (Å²) < 4.78 is 27.6. The third kappa shape index (κ3) is 2.38. The molecule has 0 unspecified atom stereocenters. The predicted octanol–water partition coefficient (Wildman–Crippen LogP) is 3.93. The first-order valence-corrected chi connectivity index (χ1v) is 5.96. The summed E-state index contributed by atoms with van der Waals surface area (Å²) in [5, 5.41) is 0. The highest BCUT2D eigenvalue weighted by Gasteiger charge is 2.15. The number of nitrogens with two attached hydrogens (primary N) is 1. The SMILES string of the molecule is Cc1cccc(N(C)c2cc(F)cc(N)c2C)c1F. The lowest BCUT2D eigenvalue weighted by Gasteiger charge is -2.23. The van der Waals surface area contributed by atoms with Gasteiger partial charge in [-0.05, 0) is 43.2 Å². The van der Waals surface area contributed by atoms with Crippen LogP contribution in [0.1, 0.15) is 11.1 Å². The lowest BCUT2D eigenvalue weighted by atomic mass is 10.1. The number of nitrogen functional groups attached to an aromatic ring is 1. The largest absolute Gasteiger partial charge is 0.398 e. The van der Waals surface area contributed by atoms with Crippen molar-refractivity contribution in [2.24, 2.45) is 0 Å². The highest BCUT2D eigenvalue weighted by atomic mass is 19.1. The average Bonchev–Trinajstić information content (AvgIpc) is 2.36. The van der Waals surface area contributed by atoms with Crippen molar-refractivity contribution in [3.8, 4) is 0 Å². The van der Waals surface area contributed by atoms with Crippen LogP contribution in [0.4, 0.5) is 25.8 Å². The number of rotatable bonds is 2. The summed E-state index contributed by atoms with van der Waals surface area (Å²) in [7, 11) is 1.69. The average molecular weight is 262 g/mol. The van der Waals surface area contributed by atoms with Crippen LogP contribution in [0.5, 0.6) is 0 Å². The molecule has 100 valence electrons. The molecule has 2 rings (SSSR count). The van der Waals surface area contributed by atoms with E-state index >= 15 is 0 Å². The molecule has 0 saturated carbocycles. The van der Waals surface area contributed by atoms with Crippen LogP contribution < -0.4 is 10.6 Å². The Hall–Kier alpha value is -2.10. The summed E-state index contributed by atoms with van der Waals surface area (Å²) in [5.74, 6) is -0.745. The number of aryl methyl sites for hydroxylation is 1. The lowest BCUT2D eigenvalue weighted by Crippen LogP contribution is -2.14. The van der Waals surface area contributed by atoms with Crippen LogP contribution in [0.25, 0.3) is 0 Å². The Bertz CT molecular complexity index is 624. The van der Waals surface area contributed by atoms with Crippen molar-refractivity contribution in [1.29, 1.82) is 0 Å². The first-order valence-electron chi connectivity index (χ1n) is 5.96. The Morgan fingerprint density at radius 1 is 1.05 bits per heavy atom. The van der Waals surface area contributed by atoms with Crippen LogP contribution in [0.3, 0.4) is 0 Å². The van der Waals surface area contributed by atoms with Crippen molar-refractivity contribution in [3.63, 3.8) is 0 Å². The molecule has 0 fully saturated rings. The van der Waals surface area contributed by atoms with Gasteiger partial charge in [-0.1, -0.05) is 12.1 Å². The van der Waals surface area contributed by atoms with Gasteiger partial charge in [0.2, 0.25) is 0 Å². The number of hydrogen-bond donors (Lipinski definition) is 1. The Morgan fingerprint density at radius 2 is 1.74 bits per heavy atom. The van der Waals surface area contributed by atoms with E-state index in [-0.39, 0.29) is 5.82 Å². The minimum atomic E-state index is -0.432. The molecule has 0 spiro atoms. The highest BCUT2D eigenvalue weighted by Crippen LogP contribution is 2.32. The summed E-state index contributed by atoms with van der Waals surface area (Å²) in [6, 6.07) is 7.73. The van der Waals surface area contributed by atoms with Gasteiger partial charge >= 0.3 is 0 Å². The smallest absolute Gasteiger partial charge is 0.149 e. The zero-order valence-corrected chi connectivity index (χ0v) is 11.2. The van der Waals surface area contributed by atoms with Crippen molar-refractivity contribution in [2.45, 2.75) is 13.8 Å². The quantitative estimate of drug-likeness (QED) is 0.831. The Morgan fingerprint density at radius 3 is 2.42 bits per heavy atom. The van der Waals surface area contributed by atoms with E-state index in [0.717, 1.165) is 5.56 Å². The predicted molar refractivity (Wildman–Crippen MR) is 74.7 cm³/mol. The highest BCUT2D eigenvalue weighted by molar-refractivity contribution is 5.71. The molecule has 0 aliphatic carbocycles. The third-order valence-corrected chi connectivity index (χ3v) is 3.28. The molecule has 0 aromatic heterocycles. The molecule has 0 radical (unpaired) electrons.